The van der Waals surface area contributed by atoms with Crippen molar-refractivity contribution in [3.8, 4) is 0 Å². The number of rotatable bonds is 2. The molecular weight excluding hydrogens is 319 g/mol. The van der Waals surface area contributed by atoms with E-state index in [1.807, 2.05) is 0 Å². The molecule has 0 aromatic rings. The summed E-state index contributed by atoms with van der Waals surface area (Å²) in [6.07, 6.45) is 8.84. The molecule has 6 unspecified atom stereocenters. The molecule has 0 heterocycles. The van der Waals surface area contributed by atoms with Crippen LogP contribution in [0.15, 0.2) is 0 Å². The summed E-state index contributed by atoms with van der Waals surface area (Å²) in [4.78, 5) is 0. The van der Waals surface area contributed by atoms with Crippen LogP contribution in [-0.2, 0) is 0 Å². The molecular formula is C23H41AlO. The average Bonchev–Trinajstić information content (AvgIpc) is 2.98. The molecule has 6 atom stereocenters. The van der Waals surface area contributed by atoms with Gasteiger partial charge in [0.05, 0.1) is 0 Å². The van der Waals surface area contributed by atoms with Gasteiger partial charge in [0.1, 0.15) is 0 Å². The first kappa shape index (κ1) is 20.2. The summed E-state index contributed by atoms with van der Waals surface area (Å²) in [6, 6.07) is 0. The zero-order valence-electron chi connectivity index (χ0n) is 18.1. The van der Waals surface area contributed by atoms with E-state index in [4.69, 9.17) is 0 Å². The van der Waals surface area contributed by atoms with Crippen LogP contribution in [0.3, 0.4) is 0 Å². The summed E-state index contributed by atoms with van der Waals surface area (Å²) in [7, 11) is 0. The van der Waals surface area contributed by atoms with Crippen LogP contribution in [-0.4, -0.2) is 21.3 Å². The Labute approximate surface area is 163 Å². The molecule has 2 heteroatoms. The van der Waals surface area contributed by atoms with Crippen molar-refractivity contribution in [1.82, 2.24) is 0 Å². The van der Waals surface area contributed by atoms with E-state index in [0.29, 0.717) is 36.9 Å². The van der Waals surface area contributed by atoms with Gasteiger partial charge in [0.25, 0.3) is 0 Å². The zero-order chi connectivity index (χ0) is 18.8. The Kier molecular flexibility index (Phi) is 5.06. The molecule has 0 aliphatic heterocycles. The van der Waals surface area contributed by atoms with Crippen LogP contribution in [0.4, 0.5) is 0 Å². The molecule has 1 nitrogen and oxygen atoms in total. The van der Waals surface area contributed by atoms with E-state index in [0.717, 1.165) is 21.4 Å². The molecule has 4 aliphatic rings. The van der Waals surface area contributed by atoms with Crippen molar-refractivity contribution in [3.63, 3.8) is 0 Å². The topological polar surface area (TPSA) is 23.1 Å². The van der Waals surface area contributed by atoms with E-state index in [-0.39, 0.29) is 0 Å². The van der Waals surface area contributed by atoms with E-state index in [1.165, 1.54) is 25.7 Å². The second-order valence-electron chi connectivity index (χ2n) is 11.7. The van der Waals surface area contributed by atoms with Gasteiger partial charge in [-0.2, -0.15) is 0 Å². The van der Waals surface area contributed by atoms with E-state index < -0.39 is 6.10 Å². The molecule has 0 N–H and O–H groups in total. The molecule has 4 bridgehead atoms. The van der Waals surface area contributed by atoms with Crippen LogP contribution >= 0.6 is 0 Å². The summed E-state index contributed by atoms with van der Waals surface area (Å²) >= 11 is 0.654. The predicted octanol–water partition coefficient (Wildman–Crippen LogP) is 5.72. The van der Waals surface area contributed by atoms with Gasteiger partial charge in [-0.1, -0.05) is 13.8 Å². The minimum absolute atomic E-state index is 0.417. The van der Waals surface area contributed by atoms with Gasteiger partial charge >= 0.3 is 138 Å². The SMILES string of the molecule is CC(C)[O-].CC1(C)C2CCC1(C)[CH]([Al+][CH]1CC3CCC1(C)C3(C)C)C2. The van der Waals surface area contributed by atoms with Crippen molar-refractivity contribution in [2.75, 3.05) is 0 Å². The molecule has 0 saturated heterocycles. The first-order chi connectivity index (χ1) is 11.4. The Morgan fingerprint density at radius 2 is 1.08 bits per heavy atom. The Morgan fingerprint density at radius 1 is 0.760 bits per heavy atom. The van der Waals surface area contributed by atoms with Gasteiger partial charge in [0, 0.05) is 0 Å². The van der Waals surface area contributed by atoms with Crippen LogP contribution in [0, 0.1) is 33.5 Å². The van der Waals surface area contributed by atoms with Crippen molar-refractivity contribution in [3.05, 3.63) is 0 Å². The van der Waals surface area contributed by atoms with Crippen LogP contribution in [0.25, 0.3) is 0 Å². The fourth-order valence-electron chi connectivity index (χ4n) is 7.39. The third-order valence-corrected chi connectivity index (χ3v) is 13.1. The Hall–Kier alpha value is 0.492. The Bertz CT molecular complexity index is 465. The van der Waals surface area contributed by atoms with Gasteiger partial charge in [0.15, 0.2) is 0 Å². The molecule has 4 fully saturated rings. The monoisotopic (exact) mass is 360 g/mol. The standard InChI is InChI=1S/2C10H17.C3H7O.Al/c2*1-9(2)8-4-6-10(9,3)7-5-8;1-3(2)4;/h2*6,8H,4-5,7H2,1-3H3;3H,1-2H3;/q;;-1;+1. The zero-order valence-corrected chi connectivity index (χ0v) is 19.3. The minimum atomic E-state index is -0.417. The Balaban J connectivity index is 0.000000415. The van der Waals surface area contributed by atoms with E-state index in [9.17, 15) is 5.11 Å². The molecule has 0 aromatic carbocycles. The molecule has 4 saturated carbocycles. The fraction of sp³-hybridized carbons (Fsp3) is 1.00. The maximum atomic E-state index is 9.53. The van der Waals surface area contributed by atoms with Gasteiger partial charge < -0.3 is 5.11 Å². The third-order valence-electron chi connectivity index (χ3n) is 10.2. The second kappa shape index (κ2) is 6.25. The van der Waals surface area contributed by atoms with Gasteiger partial charge in [-0.3, -0.25) is 0 Å². The molecule has 0 amide bonds. The van der Waals surface area contributed by atoms with Gasteiger partial charge in [-0.25, -0.2) is 0 Å². The summed E-state index contributed by atoms with van der Waals surface area (Å²) in [5.41, 5.74) is 2.60. The van der Waals surface area contributed by atoms with Gasteiger partial charge in [-0.15, -0.1) is 6.10 Å². The van der Waals surface area contributed by atoms with E-state index in [1.54, 1.807) is 26.7 Å². The van der Waals surface area contributed by atoms with Crippen molar-refractivity contribution in [2.45, 2.75) is 110 Å². The summed E-state index contributed by atoms with van der Waals surface area (Å²) in [5, 5.41) is 9.53. The molecule has 142 valence electrons. The maximum absolute atomic E-state index is 9.53. The average molecular weight is 361 g/mol. The van der Waals surface area contributed by atoms with E-state index >= 15 is 0 Å². The van der Waals surface area contributed by atoms with Crippen molar-refractivity contribution < 1.29 is 5.11 Å². The molecule has 4 aliphatic carbocycles. The third kappa shape index (κ3) is 2.80. The van der Waals surface area contributed by atoms with Crippen LogP contribution in [0.1, 0.15) is 93.9 Å². The number of hydrogen-bond acceptors (Lipinski definition) is 1. The van der Waals surface area contributed by atoms with Crippen molar-refractivity contribution in [2.24, 2.45) is 33.5 Å². The summed E-state index contributed by atoms with van der Waals surface area (Å²) < 4.78 is 2.20. The fourth-order valence-corrected chi connectivity index (χ4v) is 11.0. The first-order valence-corrected chi connectivity index (χ1v) is 12.2. The van der Waals surface area contributed by atoms with Gasteiger partial charge in [-0.05, 0) is 0 Å². The molecule has 0 radical (unpaired) electrons. The molecule has 0 aromatic heterocycles. The Morgan fingerprint density at radius 3 is 1.28 bits per heavy atom. The number of hydrogen-bond donors (Lipinski definition) is 0. The quantitative estimate of drug-likeness (QED) is 0.578. The van der Waals surface area contributed by atoms with Crippen molar-refractivity contribution in [1.29, 1.82) is 0 Å². The summed E-state index contributed by atoms with van der Waals surface area (Å²) in [5.74, 6) is 2.08. The van der Waals surface area contributed by atoms with E-state index in [2.05, 4.69) is 41.5 Å². The van der Waals surface area contributed by atoms with Crippen molar-refractivity contribution >= 4 is 15.2 Å². The van der Waals surface area contributed by atoms with Crippen LogP contribution in [0.5, 0.6) is 0 Å². The normalized spacial score (nSPS) is 48.4. The first-order valence-electron chi connectivity index (χ1n) is 10.9. The van der Waals surface area contributed by atoms with Crippen LogP contribution < -0.4 is 5.11 Å². The number of fused-ring (bicyclic) bond motifs is 4. The predicted molar refractivity (Wildman–Crippen MR) is 107 cm³/mol. The van der Waals surface area contributed by atoms with Gasteiger partial charge in [0.2, 0.25) is 0 Å². The second-order valence-corrected chi connectivity index (χ2v) is 13.7. The van der Waals surface area contributed by atoms with Crippen LogP contribution in [0.2, 0.25) is 9.56 Å². The summed E-state index contributed by atoms with van der Waals surface area (Å²) in [6.45, 7) is 18.9. The molecule has 25 heavy (non-hydrogen) atoms. The molecule has 0 spiro atoms. The molecule has 4 rings (SSSR count).